The van der Waals surface area contributed by atoms with Crippen LogP contribution in [0, 0.1) is 5.92 Å². The van der Waals surface area contributed by atoms with E-state index in [4.69, 9.17) is 4.42 Å². The molecule has 21 heavy (non-hydrogen) atoms. The van der Waals surface area contributed by atoms with Crippen LogP contribution in [-0.2, 0) is 4.79 Å². The van der Waals surface area contributed by atoms with Crippen molar-refractivity contribution in [1.82, 2.24) is 10.3 Å². The smallest absolute Gasteiger partial charge is 0.298 e. The SMILES string of the molecule is CCCNC(=O)C1CCCN(c2nc3ccccc3o2)C1. The maximum atomic E-state index is 12.1. The number of aromatic nitrogens is 1. The van der Waals surface area contributed by atoms with Gasteiger partial charge in [-0.1, -0.05) is 19.1 Å². The van der Waals surface area contributed by atoms with Crippen LogP contribution in [0.2, 0.25) is 0 Å². The van der Waals surface area contributed by atoms with Crippen molar-refractivity contribution in [1.29, 1.82) is 0 Å². The van der Waals surface area contributed by atoms with Crippen molar-refractivity contribution in [2.45, 2.75) is 26.2 Å². The molecule has 0 aliphatic carbocycles. The van der Waals surface area contributed by atoms with E-state index in [2.05, 4.69) is 22.1 Å². The number of hydrogen-bond donors (Lipinski definition) is 1. The number of fused-ring (bicyclic) bond motifs is 1. The van der Waals surface area contributed by atoms with Crippen molar-refractivity contribution in [2.75, 3.05) is 24.5 Å². The second-order valence-corrected chi connectivity index (χ2v) is 5.54. The number of para-hydroxylation sites is 2. The van der Waals surface area contributed by atoms with Gasteiger partial charge in [-0.3, -0.25) is 4.79 Å². The van der Waals surface area contributed by atoms with E-state index >= 15 is 0 Å². The lowest BCUT2D eigenvalue weighted by molar-refractivity contribution is -0.125. The molecule has 5 heteroatoms. The molecule has 112 valence electrons. The number of carbonyl (C=O) groups excluding carboxylic acids is 1. The first kappa shape index (κ1) is 13.9. The number of nitrogens with one attached hydrogen (secondary N) is 1. The molecule has 1 fully saturated rings. The molecule has 0 bridgehead atoms. The highest BCUT2D eigenvalue weighted by molar-refractivity contribution is 5.79. The van der Waals surface area contributed by atoms with E-state index < -0.39 is 0 Å². The summed E-state index contributed by atoms with van der Waals surface area (Å²) < 4.78 is 5.80. The molecule has 1 aromatic carbocycles. The second kappa shape index (κ2) is 6.16. The van der Waals surface area contributed by atoms with Gasteiger partial charge >= 0.3 is 0 Å². The van der Waals surface area contributed by atoms with Crippen LogP contribution in [-0.4, -0.2) is 30.5 Å². The van der Waals surface area contributed by atoms with Crippen molar-refractivity contribution in [3.8, 4) is 0 Å². The fourth-order valence-electron chi connectivity index (χ4n) is 2.75. The van der Waals surface area contributed by atoms with Crippen LogP contribution in [0.25, 0.3) is 11.1 Å². The first-order valence-corrected chi connectivity index (χ1v) is 7.66. The third-order valence-corrected chi connectivity index (χ3v) is 3.89. The maximum absolute atomic E-state index is 12.1. The van der Waals surface area contributed by atoms with Crippen molar-refractivity contribution in [3.05, 3.63) is 24.3 Å². The van der Waals surface area contributed by atoms with Crippen molar-refractivity contribution in [3.63, 3.8) is 0 Å². The summed E-state index contributed by atoms with van der Waals surface area (Å²) in [6.45, 7) is 4.39. The molecule has 2 heterocycles. The summed E-state index contributed by atoms with van der Waals surface area (Å²) >= 11 is 0. The van der Waals surface area contributed by atoms with Gasteiger partial charge in [0.25, 0.3) is 6.01 Å². The average molecular weight is 287 g/mol. The lowest BCUT2D eigenvalue weighted by Gasteiger charge is -2.30. The molecular formula is C16H21N3O2. The molecule has 3 rings (SSSR count). The lowest BCUT2D eigenvalue weighted by Crippen LogP contribution is -2.43. The van der Waals surface area contributed by atoms with Crippen molar-refractivity contribution >= 4 is 23.0 Å². The summed E-state index contributed by atoms with van der Waals surface area (Å²) in [5, 5.41) is 2.98. The predicted octanol–water partition coefficient (Wildman–Crippen LogP) is 2.57. The molecule has 1 unspecified atom stereocenters. The van der Waals surface area contributed by atoms with Crippen LogP contribution in [0.15, 0.2) is 28.7 Å². The summed E-state index contributed by atoms with van der Waals surface area (Å²) in [6.07, 6.45) is 2.89. The van der Waals surface area contributed by atoms with Gasteiger partial charge in [-0.15, -0.1) is 0 Å². The van der Waals surface area contributed by atoms with E-state index in [-0.39, 0.29) is 11.8 Å². The van der Waals surface area contributed by atoms with Gasteiger partial charge in [-0.25, -0.2) is 0 Å². The zero-order valence-corrected chi connectivity index (χ0v) is 12.3. The number of hydrogen-bond acceptors (Lipinski definition) is 4. The van der Waals surface area contributed by atoms with Crippen LogP contribution in [0.4, 0.5) is 6.01 Å². The van der Waals surface area contributed by atoms with Crippen molar-refractivity contribution in [2.24, 2.45) is 5.92 Å². The topological polar surface area (TPSA) is 58.4 Å². The first-order valence-electron chi connectivity index (χ1n) is 7.66. The van der Waals surface area contributed by atoms with Crippen LogP contribution in [0.5, 0.6) is 0 Å². The number of nitrogens with zero attached hydrogens (tertiary/aromatic N) is 2. The molecule has 1 aliphatic heterocycles. The molecule has 1 N–H and O–H groups in total. The van der Waals surface area contributed by atoms with E-state index in [0.29, 0.717) is 12.6 Å². The second-order valence-electron chi connectivity index (χ2n) is 5.54. The Bertz CT molecular complexity index is 590. The Hall–Kier alpha value is -2.04. The Morgan fingerprint density at radius 2 is 2.33 bits per heavy atom. The minimum absolute atomic E-state index is 0.0281. The molecule has 1 saturated heterocycles. The van der Waals surface area contributed by atoms with E-state index in [1.54, 1.807) is 0 Å². The molecule has 1 atom stereocenters. The Morgan fingerprint density at radius 1 is 1.48 bits per heavy atom. The highest BCUT2D eigenvalue weighted by atomic mass is 16.4. The average Bonchev–Trinajstić information content (AvgIpc) is 2.97. The summed E-state index contributed by atoms with van der Waals surface area (Å²) in [5.74, 6) is 0.179. The van der Waals surface area contributed by atoms with Crippen LogP contribution in [0.1, 0.15) is 26.2 Å². The standard InChI is InChI=1S/C16H21N3O2/c1-2-9-17-15(20)12-6-5-10-19(11-12)16-18-13-7-3-4-8-14(13)21-16/h3-4,7-8,12H,2,5-6,9-11H2,1H3,(H,17,20). The Balaban J connectivity index is 1.72. The number of carbonyl (C=O) groups is 1. The zero-order chi connectivity index (χ0) is 14.7. The van der Waals surface area contributed by atoms with Gasteiger partial charge in [0.05, 0.1) is 5.92 Å². The molecule has 5 nitrogen and oxygen atoms in total. The number of benzene rings is 1. The van der Waals surface area contributed by atoms with Gasteiger partial charge in [0, 0.05) is 19.6 Å². The fraction of sp³-hybridized carbons (Fsp3) is 0.500. The molecule has 0 spiro atoms. The molecular weight excluding hydrogens is 266 g/mol. The number of piperidine rings is 1. The summed E-state index contributed by atoms with van der Waals surface area (Å²) in [7, 11) is 0. The van der Waals surface area contributed by atoms with Gasteiger partial charge in [0.1, 0.15) is 5.52 Å². The fourth-order valence-corrected chi connectivity index (χ4v) is 2.75. The van der Waals surface area contributed by atoms with E-state index in [0.717, 1.165) is 43.5 Å². The Kier molecular flexibility index (Phi) is 4.08. The van der Waals surface area contributed by atoms with Crippen molar-refractivity contribution < 1.29 is 9.21 Å². The molecule has 1 amide bonds. The van der Waals surface area contributed by atoms with E-state index in [9.17, 15) is 4.79 Å². The van der Waals surface area contributed by atoms with Crippen LogP contribution in [0.3, 0.4) is 0 Å². The molecule has 0 radical (unpaired) electrons. The first-order chi connectivity index (χ1) is 10.3. The van der Waals surface area contributed by atoms with Gasteiger partial charge in [0.15, 0.2) is 5.58 Å². The predicted molar refractivity (Wildman–Crippen MR) is 82.2 cm³/mol. The van der Waals surface area contributed by atoms with Gasteiger partial charge in [-0.05, 0) is 31.4 Å². The summed E-state index contributed by atoms with van der Waals surface area (Å²) in [5.41, 5.74) is 1.66. The minimum atomic E-state index is 0.0281. The third kappa shape index (κ3) is 3.01. The summed E-state index contributed by atoms with van der Waals surface area (Å²) in [6, 6.07) is 8.38. The summed E-state index contributed by atoms with van der Waals surface area (Å²) in [4.78, 5) is 18.7. The molecule has 1 aromatic heterocycles. The Morgan fingerprint density at radius 3 is 3.14 bits per heavy atom. The van der Waals surface area contributed by atoms with Gasteiger partial charge < -0.3 is 14.6 Å². The van der Waals surface area contributed by atoms with Gasteiger partial charge in [-0.2, -0.15) is 4.98 Å². The normalized spacial score (nSPS) is 18.9. The number of oxazole rings is 1. The quantitative estimate of drug-likeness (QED) is 0.939. The lowest BCUT2D eigenvalue weighted by atomic mass is 9.97. The van der Waals surface area contributed by atoms with Crippen LogP contribution < -0.4 is 10.2 Å². The Labute approximate surface area is 124 Å². The molecule has 0 saturated carbocycles. The highest BCUT2D eigenvalue weighted by Crippen LogP contribution is 2.26. The maximum Gasteiger partial charge on any atom is 0.298 e. The third-order valence-electron chi connectivity index (χ3n) is 3.89. The van der Waals surface area contributed by atoms with Gasteiger partial charge in [0.2, 0.25) is 5.91 Å². The zero-order valence-electron chi connectivity index (χ0n) is 12.3. The monoisotopic (exact) mass is 287 g/mol. The number of amides is 1. The van der Waals surface area contributed by atoms with E-state index in [1.807, 2.05) is 24.3 Å². The highest BCUT2D eigenvalue weighted by Gasteiger charge is 2.27. The molecule has 2 aromatic rings. The van der Waals surface area contributed by atoms with Crippen LogP contribution >= 0.6 is 0 Å². The number of rotatable bonds is 4. The largest absolute Gasteiger partial charge is 0.423 e. The molecule has 1 aliphatic rings. The minimum Gasteiger partial charge on any atom is -0.423 e. The number of anilines is 1. The van der Waals surface area contributed by atoms with E-state index in [1.165, 1.54) is 0 Å².